The molecule has 2 N–H and O–H groups in total. The minimum atomic E-state index is 0.0658. The second kappa shape index (κ2) is 6.27. The lowest BCUT2D eigenvalue weighted by Crippen LogP contribution is -1.97. The van der Waals surface area contributed by atoms with Crippen LogP contribution >= 0.6 is 0 Å². The van der Waals surface area contributed by atoms with Gasteiger partial charge in [0.15, 0.2) is 0 Å². The van der Waals surface area contributed by atoms with Crippen LogP contribution in [0.4, 0.5) is 5.69 Å². The largest absolute Gasteiger partial charge is 0.462 e. The van der Waals surface area contributed by atoms with Crippen molar-refractivity contribution in [2.45, 2.75) is 6.92 Å². The zero-order valence-electron chi connectivity index (χ0n) is 11.5. The fraction of sp³-hybridized carbons (Fsp3) is 0.0588. The number of nitriles is 2. The average Bonchev–Trinajstić information content (AvgIpc) is 2.47. The summed E-state index contributed by atoms with van der Waals surface area (Å²) < 4.78 is 5.56. The maximum absolute atomic E-state index is 8.93. The molecule has 1 aromatic rings. The number of rotatable bonds is 2. The SMILES string of the molecule is CC1=CC(=C(C#N)C#N)C=C(C=Cc2ccc(N)cc2)O1. The first-order valence-electron chi connectivity index (χ1n) is 6.28. The predicted octanol–water partition coefficient (Wildman–Crippen LogP) is 3.44. The predicted molar refractivity (Wildman–Crippen MR) is 81.1 cm³/mol. The Bertz CT molecular complexity index is 735. The smallest absolute Gasteiger partial charge is 0.137 e. The molecular formula is C17H13N3O. The van der Waals surface area contributed by atoms with Crippen LogP contribution in [0.3, 0.4) is 0 Å². The van der Waals surface area contributed by atoms with Crippen molar-refractivity contribution in [3.8, 4) is 12.1 Å². The summed E-state index contributed by atoms with van der Waals surface area (Å²) in [5.41, 5.74) is 7.94. The van der Waals surface area contributed by atoms with Gasteiger partial charge in [-0.15, -0.1) is 0 Å². The van der Waals surface area contributed by atoms with E-state index in [1.807, 2.05) is 42.5 Å². The third kappa shape index (κ3) is 3.62. The fourth-order valence-electron chi connectivity index (χ4n) is 1.82. The number of nitrogens with zero attached hydrogens (tertiary/aromatic N) is 2. The third-order valence-corrected chi connectivity index (χ3v) is 2.82. The molecule has 2 rings (SSSR count). The van der Waals surface area contributed by atoms with E-state index in [2.05, 4.69) is 0 Å². The van der Waals surface area contributed by atoms with Crippen molar-refractivity contribution in [1.82, 2.24) is 0 Å². The van der Waals surface area contributed by atoms with Gasteiger partial charge < -0.3 is 10.5 Å². The molecule has 0 saturated carbocycles. The summed E-state index contributed by atoms with van der Waals surface area (Å²) in [6, 6.07) is 11.2. The van der Waals surface area contributed by atoms with Gasteiger partial charge in [-0.2, -0.15) is 10.5 Å². The monoisotopic (exact) mass is 275 g/mol. The fourth-order valence-corrected chi connectivity index (χ4v) is 1.82. The second-order valence-electron chi connectivity index (χ2n) is 4.46. The number of benzene rings is 1. The summed E-state index contributed by atoms with van der Waals surface area (Å²) in [6.45, 7) is 1.77. The molecule has 0 saturated heterocycles. The molecule has 1 aromatic carbocycles. The Kier molecular flexibility index (Phi) is 4.23. The molecule has 4 heteroatoms. The molecule has 0 spiro atoms. The van der Waals surface area contributed by atoms with Gasteiger partial charge in [0.1, 0.15) is 29.2 Å². The van der Waals surface area contributed by atoms with Crippen LogP contribution in [0.1, 0.15) is 12.5 Å². The number of hydrogen-bond donors (Lipinski definition) is 1. The maximum Gasteiger partial charge on any atom is 0.137 e. The Morgan fingerprint density at radius 2 is 1.76 bits per heavy atom. The van der Waals surface area contributed by atoms with Crippen molar-refractivity contribution in [2.24, 2.45) is 0 Å². The number of allylic oxidation sites excluding steroid dienone is 6. The molecular weight excluding hydrogens is 262 g/mol. The molecule has 0 radical (unpaired) electrons. The Balaban J connectivity index is 2.29. The Labute approximate surface area is 123 Å². The van der Waals surface area contributed by atoms with Gasteiger partial charge >= 0.3 is 0 Å². The highest BCUT2D eigenvalue weighted by molar-refractivity contribution is 5.58. The van der Waals surface area contributed by atoms with E-state index in [4.69, 9.17) is 21.0 Å². The summed E-state index contributed by atoms with van der Waals surface area (Å²) in [5.74, 6) is 1.21. The average molecular weight is 275 g/mol. The van der Waals surface area contributed by atoms with E-state index in [-0.39, 0.29) is 5.57 Å². The van der Waals surface area contributed by atoms with Crippen molar-refractivity contribution in [2.75, 3.05) is 5.73 Å². The molecule has 1 heterocycles. The Morgan fingerprint density at radius 1 is 1.10 bits per heavy atom. The highest BCUT2D eigenvalue weighted by Gasteiger charge is 2.10. The van der Waals surface area contributed by atoms with Gasteiger partial charge in [-0.3, -0.25) is 0 Å². The number of ether oxygens (including phenoxy) is 1. The van der Waals surface area contributed by atoms with Crippen molar-refractivity contribution in [1.29, 1.82) is 10.5 Å². The van der Waals surface area contributed by atoms with E-state index in [0.29, 0.717) is 22.8 Å². The molecule has 0 atom stereocenters. The van der Waals surface area contributed by atoms with Crippen LogP contribution in [0.25, 0.3) is 6.08 Å². The molecule has 0 aromatic heterocycles. The summed E-state index contributed by atoms with van der Waals surface area (Å²) in [7, 11) is 0. The topological polar surface area (TPSA) is 82.8 Å². The molecule has 21 heavy (non-hydrogen) atoms. The minimum Gasteiger partial charge on any atom is -0.462 e. The maximum atomic E-state index is 8.93. The first-order chi connectivity index (χ1) is 10.1. The second-order valence-corrected chi connectivity index (χ2v) is 4.46. The Hall–Kier alpha value is -3.24. The van der Waals surface area contributed by atoms with Crippen LogP contribution in [-0.4, -0.2) is 0 Å². The van der Waals surface area contributed by atoms with Crippen molar-refractivity contribution >= 4 is 11.8 Å². The van der Waals surface area contributed by atoms with Crippen LogP contribution < -0.4 is 5.73 Å². The van der Waals surface area contributed by atoms with Crippen molar-refractivity contribution < 1.29 is 4.74 Å². The van der Waals surface area contributed by atoms with Crippen molar-refractivity contribution in [3.05, 3.63) is 70.7 Å². The normalized spacial score (nSPS) is 13.8. The van der Waals surface area contributed by atoms with E-state index in [9.17, 15) is 0 Å². The van der Waals surface area contributed by atoms with Gasteiger partial charge in [-0.25, -0.2) is 0 Å². The summed E-state index contributed by atoms with van der Waals surface area (Å²) in [4.78, 5) is 0. The van der Waals surface area contributed by atoms with E-state index < -0.39 is 0 Å². The third-order valence-electron chi connectivity index (χ3n) is 2.82. The lowest BCUT2D eigenvalue weighted by Gasteiger charge is -2.13. The molecule has 1 aliphatic heterocycles. The highest BCUT2D eigenvalue weighted by atomic mass is 16.5. The molecule has 0 amide bonds. The van der Waals surface area contributed by atoms with Crippen molar-refractivity contribution in [3.63, 3.8) is 0 Å². The molecule has 0 fully saturated rings. The van der Waals surface area contributed by atoms with Gasteiger partial charge in [-0.05, 0) is 42.8 Å². The standard InChI is InChI=1S/C17H13N3O/c1-12-8-14(15(10-18)11-19)9-17(21-12)7-4-13-2-5-16(20)6-3-13/h2-9H,20H2,1H3. The minimum absolute atomic E-state index is 0.0658. The van der Waals surface area contributed by atoms with E-state index >= 15 is 0 Å². The van der Waals surface area contributed by atoms with E-state index in [1.165, 1.54) is 0 Å². The number of nitrogen functional groups attached to an aromatic ring is 1. The molecule has 4 nitrogen and oxygen atoms in total. The van der Waals surface area contributed by atoms with Crippen LogP contribution in [0.5, 0.6) is 0 Å². The summed E-state index contributed by atoms with van der Waals surface area (Å²) in [5, 5.41) is 17.9. The van der Waals surface area contributed by atoms with Gasteiger partial charge in [-0.1, -0.05) is 18.2 Å². The lowest BCUT2D eigenvalue weighted by atomic mass is 10.1. The number of anilines is 1. The first kappa shape index (κ1) is 14.2. The quantitative estimate of drug-likeness (QED) is 0.662. The number of nitrogens with two attached hydrogens (primary N) is 1. The highest BCUT2D eigenvalue weighted by Crippen LogP contribution is 2.22. The zero-order valence-corrected chi connectivity index (χ0v) is 11.5. The zero-order chi connectivity index (χ0) is 15.2. The van der Waals surface area contributed by atoms with Crippen LogP contribution in [0.2, 0.25) is 0 Å². The molecule has 1 aliphatic rings. The number of hydrogen-bond acceptors (Lipinski definition) is 4. The molecule has 0 unspecified atom stereocenters. The Morgan fingerprint density at radius 3 is 2.38 bits per heavy atom. The molecule has 0 bridgehead atoms. The van der Waals surface area contributed by atoms with Gasteiger partial charge in [0, 0.05) is 11.3 Å². The van der Waals surface area contributed by atoms with Crippen LogP contribution in [0.15, 0.2) is 65.2 Å². The van der Waals surface area contributed by atoms with Gasteiger partial charge in [0.05, 0.1) is 0 Å². The van der Waals surface area contributed by atoms with Gasteiger partial charge in [0.2, 0.25) is 0 Å². The van der Waals surface area contributed by atoms with Crippen LogP contribution in [-0.2, 0) is 4.74 Å². The summed E-state index contributed by atoms with van der Waals surface area (Å²) >= 11 is 0. The first-order valence-corrected chi connectivity index (χ1v) is 6.28. The van der Waals surface area contributed by atoms with E-state index in [1.54, 1.807) is 25.2 Å². The lowest BCUT2D eigenvalue weighted by molar-refractivity contribution is 0.318. The van der Waals surface area contributed by atoms with E-state index in [0.717, 1.165) is 5.56 Å². The molecule has 102 valence electrons. The van der Waals surface area contributed by atoms with Gasteiger partial charge in [0.25, 0.3) is 0 Å². The molecule has 0 aliphatic carbocycles. The van der Waals surface area contributed by atoms with Crippen LogP contribution in [0, 0.1) is 22.7 Å². The summed E-state index contributed by atoms with van der Waals surface area (Å²) in [6.07, 6.45) is 7.00.